The number of likely N-dealkylation sites (tertiary alicyclic amines) is 1. The molecule has 0 aliphatic carbocycles. The lowest BCUT2D eigenvalue weighted by atomic mass is 10.1. The van der Waals surface area contributed by atoms with Gasteiger partial charge in [-0.3, -0.25) is 0 Å². The Morgan fingerprint density at radius 1 is 1.47 bits per heavy atom. The van der Waals surface area contributed by atoms with Crippen LogP contribution in [0.5, 0.6) is 0 Å². The number of anilines is 2. The summed E-state index contributed by atoms with van der Waals surface area (Å²) < 4.78 is 0. The van der Waals surface area contributed by atoms with Crippen LogP contribution in [0.1, 0.15) is 19.8 Å². The number of rotatable bonds is 6. The van der Waals surface area contributed by atoms with Gasteiger partial charge >= 0.3 is 0 Å². The molecular formula is C14H25N5. The number of hydrogen-bond acceptors (Lipinski definition) is 5. The maximum Gasteiger partial charge on any atom is 0.224 e. The zero-order valence-corrected chi connectivity index (χ0v) is 12.3. The van der Waals surface area contributed by atoms with Gasteiger partial charge in [0.2, 0.25) is 5.95 Å². The van der Waals surface area contributed by atoms with Crippen LogP contribution in [0.2, 0.25) is 0 Å². The normalized spacial score (nSPS) is 19.6. The summed E-state index contributed by atoms with van der Waals surface area (Å²) in [5.74, 6) is 2.40. The highest BCUT2D eigenvalue weighted by Gasteiger charge is 2.21. The van der Waals surface area contributed by atoms with Gasteiger partial charge in [-0.05, 0) is 37.9 Å². The van der Waals surface area contributed by atoms with Crippen molar-refractivity contribution in [1.29, 1.82) is 0 Å². The minimum atomic E-state index is 0.721. The van der Waals surface area contributed by atoms with Gasteiger partial charge in [-0.25, -0.2) is 4.98 Å². The van der Waals surface area contributed by atoms with E-state index >= 15 is 0 Å². The summed E-state index contributed by atoms with van der Waals surface area (Å²) in [6, 6.07) is 1.92. The van der Waals surface area contributed by atoms with Crippen LogP contribution in [0, 0.1) is 5.92 Å². The van der Waals surface area contributed by atoms with Gasteiger partial charge in [0.25, 0.3) is 0 Å². The Labute approximate surface area is 116 Å². The van der Waals surface area contributed by atoms with Gasteiger partial charge in [0.05, 0.1) is 0 Å². The van der Waals surface area contributed by atoms with E-state index in [1.807, 2.05) is 31.3 Å². The second-order valence-electron chi connectivity index (χ2n) is 5.47. The van der Waals surface area contributed by atoms with Crippen LogP contribution in [0.3, 0.4) is 0 Å². The first kappa shape index (κ1) is 14.1. The molecule has 5 heteroatoms. The van der Waals surface area contributed by atoms with Crippen LogP contribution >= 0.6 is 0 Å². The van der Waals surface area contributed by atoms with E-state index in [-0.39, 0.29) is 0 Å². The van der Waals surface area contributed by atoms with Crippen molar-refractivity contribution in [1.82, 2.24) is 14.9 Å². The number of aromatic nitrogens is 2. The molecule has 19 heavy (non-hydrogen) atoms. The second-order valence-corrected chi connectivity index (χ2v) is 5.47. The summed E-state index contributed by atoms with van der Waals surface area (Å²) in [7, 11) is 3.98. The Hall–Kier alpha value is -1.36. The van der Waals surface area contributed by atoms with E-state index in [0.717, 1.165) is 24.2 Å². The topological polar surface area (TPSA) is 44.3 Å². The lowest BCUT2D eigenvalue weighted by Gasteiger charge is -2.16. The summed E-state index contributed by atoms with van der Waals surface area (Å²) >= 11 is 0. The van der Waals surface area contributed by atoms with Gasteiger partial charge in [-0.2, -0.15) is 4.98 Å². The Morgan fingerprint density at radius 2 is 2.32 bits per heavy atom. The third-order valence-electron chi connectivity index (χ3n) is 3.56. The monoisotopic (exact) mass is 263 g/mol. The average Bonchev–Trinajstić information content (AvgIpc) is 2.85. The fraction of sp³-hybridized carbons (Fsp3) is 0.714. The van der Waals surface area contributed by atoms with E-state index in [0.29, 0.717) is 0 Å². The van der Waals surface area contributed by atoms with Gasteiger partial charge in [-0.1, -0.05) is 6.92 Å². The molecule has 0 spiro atoms. The average molecular weight is 263 g/mol. The maximum absolute atomic E-state index is 4.48. The molecular weight excluding hydrogens is 238 g/mol. The van der Waals surface area contributed by atoms with Crippen LogP contribution in [0.4, 0.5) is 11.8 Å². The standard InChI is InChI=1S/C14H25N5/c1-4-8-19-9-6-12(11-19)10-16-14-15-7-5-13(17-14)18(2)3/h5,7,12H,4,6,8-11H2,1-3H3,(H,15,16,17). The molecule has 1 fully saturated rings. The van der Waals surface area contributed by atoms with Gasteiger partial charge in [-0.15, -0.1) is 0 Å². The largest absolute Gasteiger partial charge is 0.363 e. The fourth-order valence-electron chi connectivity index (χ4n) is 2.52. The first-order valence-corrected chi connectivity index (χ1v) is 7.15. The van der Waals surface area contributed by atoms with E-state index in [1.165, 1.54) is 32.5 Å². The molecule has 0 saturated carbocycles. The molecule has 1 aromatic rings. The van der Waals surface area contributed by atoms with Crippen molar-refractivity contribution in [2.45, 2.75) is 19.8 Å². The molecule has 1 aliphatic heterocycles. The van der Waals surface area contributed by atoms with E-state index in [1.54, 1.807) is 0 Å². The van der Waals surface area contributed by atoms with Crippen LogP contribution in [-0.2, 0) is 0 Å². The first-order valence-electron chi connectivity index (χ1n) is 7.15. The minimum absolute atomic E-state index is 0.721. The van der Waals surface area contributed by atoms with Gasteiger partial charge in [0.15, 0.2) is 0 Å². The maximum atomic E-state index is 4.48. The van der Waals surface area contributed by atoms with Crippen LogP contribution < -0.4 is 10.2 Å². The quantitative estimate of drug-likeness (QED) is 0.846. The molecule has 0 bridgehead atoms. The van der Waals surface area contributed by atoms with E-state index in [2.05, 4.69) is 27.1 Å². The SMILES string of the molecule is CCCN1CCC(CNc2nccc(N(C)C)n2)C1. The van der Waals surface area contributed by atoms with E-state index in [4.69, 9.17) is 0 Å². The van der Waals surface area contributed by atoms with Crippen molar-refractivity contribution in [3.63, 3.8) is 0 Å². The van der Waals surface area contributed by atoms with Crippen molar-refractivity contribution in [2.75, 3.05) is 50.5 Å². The Morgan fingerprint density at radius 3 is 3.05 bits per heavy atom. The molecule has 2 rings (SSSR count). The number of nitrogens with zero attached hydrogens (tertiary/aromatic N) is 4. The van der Waals surface area contributed by atoms with Crippen molar-refractivity contribution in [2.24, 2.45) is 5.92 Å². The number of hydrogen-bond donors (Lipinski definition) is 1. The summed E-state index contributed by atoms with van der Waals surface area (Å²) in [6.07, 6.45) is 4.33. The third kappa shape index (κ3) is 4.06. The van der Waals surface area contributed by atoms with Gasteiger partial charge in [0.1, 0.15) is 5.82 Å². The zero-order valence-electron chi connectivity index (χ0n) is 12.3. The zero-order chi connectivity index (χ0) is 13.7. The van der Waals surface area contributed by atoms with Crippen LogP contribution in [0.25, 0.3) is 0 Å². The van der Waals surface area contributed by atoms with Crippen molar-refractivity contribution in [3.05, 3.63) is 12.3 Å². The molecule has 106 valence electrons. The Kier molecular flexibility index (Phi) is 4.96. The smallest absolute Gasteiger partial charge is 0.224 e. The molecule has 0 aromatic carbocycles. The first-order chi connectivity index (χ1) is 9.19. The molecule has 1 unspecified atom stereocenters. The van der Waals surface area contributed by atoms with Crippen LogP contribution in [-0.4, -0.2) is 55.1 Å². The highest BCUT2D eigenvalue weighted by atomic mass is 15.2. The predicted molar refractivity (Wildman–Crippen MR) is 79.7 cm³/mol. The molecule has 1 aromatic heterocycles. The Bertz CT molecular complexity index is 393. The van der Waals surface area contributed by atoms with Gasteiger partial charge in [0, 0.05) is 33.4 Å². The fourth-order valence-corrected chi connectivity index (χ4v) is 2.52. The third-order valence-corrected chi connectivity index (χ3v) is 3.56. The van der Waals surface area contributed by atoms with E-state index < -0.39 is 0 Å². The van der Waals surface area contributed by atoms with E-state index in [9.17, 15) is 0 Å². The molecule has 1 atom stereocenters. The molecule has 1 aliphatic rings. The van der Waals surface area contributed by atoms with Crippen molar-refractivity contribution in [3.8, 4) is 0 Å². The van der Waals surface area contributed by atoms with Gasteiger partial charge < -0.3 is 15.1 Å². The van der Waals surface area contributed by atoms with Crippen molar-refractivity contribution >= 4 is 11.8 Å². The molecule has 2 heterocycles. The molecule has 0 amide bonds. The highest BCUT2D eigenvalue weighted by Crippen LogP contribution is 2.17. The number of nitrogens with one attached hydrogen (secondary N) is 1. The predicted octanol–water partition coefficient (Wildman–Crippen LogP) is 1.69. The summed E-state index contributed by atoms with van der Waals surface area (Å²) in [5.41, 5.74) is 0. The minimum Gasteiger partial charge on any atom is -0.363 e. The van der Waals surface area contributed by atoms with Crippen LogP contribution in [0.15, 0.2) is 12.3 Å². The molecule has 0 radical (unpaired) electrons. The lowest BCUT2D eigenvalue weighted by molar-refractivity contribution is 0.327. The second kappa shape index (κ2) is 6.70. The molecule has 5 nitrogen and oxygen atoms in total. The lowest BCUT2D eigenvalue weighted by Crippen LogP contribution is -2.24. The summed E-state index contributed by atoms with van der Waals surface area (Å²) in [6.45, 7) is 6.87. The Balaban J connectivity index is 1.81. The molecule has 1 N–H and O–H groups in total. The summed E-state index contributed by atoms with van der Waals surface area (Å²) in [4.78, 5) is 13.3. The molecule has 1 saturated heterocycles. The summed E-state index contributed by atoms with van der Waals surface area (Å²) in [5, 5.41) is 3.37. The highest BCUT2D eigenvalue weighted by molar-refractivity contribution is 5.40. The van der Waals surface area contributed by atoms with Crippen molar-refractivity contribution < 1.29 is 0 Å².